The van der Waals surface area contributed by atoms with E-state index in [1.54, 1.807) is 7.05 Å². The van der Waals surface area contributed by atoms with Crippen LogP contribution in [-0.2, 0) is 14.1 Å². The van der Waals surface area contributed by atoms with Gasteiger partial charge in [-0.25, -0.2) is 5.06 Å². The number of rotatable bonds is 10. The van der Waals surface area contributed by atoms with Crippen LogP contribution in [0.25, 0.3) is 0 Å². The molecular weight excluding hydrogens is 306 g/mol. The third-order valence-electron chi connectivity index (χ3n) is 4.99. The van der Waals surface area contributed by atoms with Gasteiger partial charge in [0.1, 0.15) is 0 Å². The number of hydrogen-bond donors (Lipinski definition) is 0. The van der Waals surface area contributed by atoms with E-state index >= 15 is 0 Å². The molecule has 0 N–H and O–H groups in total. The van der Waals surface area contributed by atoms with Crippen LogP contribution >= 0.6 is 0 Å². The highest BCUT2D eigenvalue weighted by Gasteiger charge is 2.36. The highest BCUT2D eigenvalue weighted by molar-refractivity contribution is 6.74. The Bertz CT molecular complexity index is 351. The Balaban J connectivity index is 4.47. The normalized spacial score (nSPS) is 14.2. The maximum atomic E-state index is 12.4. The molecule has 0 radical (unpaired) electrons. The van der Waals surface area contributed by atoms with Crippen molar-refractivity contribution in [3.8, 4) is 0 Å². The van der Waals surface area contributed by atoms with Crippen molar-refractivity contribution < 1.29 is 14.1 Å². The van der Waals surface area contributed by atoms with Gasteiger partial charge in [-0.1, -0.05) is 41.0 Å². The first-order valence-electron chi connectivity index (χ1n) is 8.88. The van der Waals surface area contributed by atoms with Crippen molar-refractivity contribution in [1.29, 1.82) is 0 Å². The van der Waals surface area contributed by atoms with Gasteiger partial charge >= 0.3 is 0 Å². The highest BCUT2D eigenvalue weighted by Crippen LogP contribution is 2.36. The lowest BCUT2D eigenvalue weighted by atomic mass is 9.93. The van der Waals surface area contributed by atoms with Crippen LogP contribution in [0.5, 0.6) is 0 Å². The molecule has 0 aliphatic rings. The second-order valence-electron chi connectivity index (χ2n) is 8.44. The van der Waals surface area contributed by atoms with E-state index in [1.807, 2.05) is 0 Å². The lowest BCUT2D eigenvalue weighted by Crippen LogP contribution is -2.41. The van der Waals surface area contributed by atoms with Crippen molar-refractivity contribution in [2.45, 2.75) is 78.4 Å². The van der Waals surface area contributed by atoms with Gasteiger partial charge in [0, 0.05) is 19.6 Å². The smallest absolute Gasteiger partial charge is 0.248 e. The third-order valence-corrected chi connectivity index (χ3v) is 9.53. The highest BCUT2D eigenvalue weighted by atomic mass is 28.4. The van der Waals surface area contributed by atoms with Gasteiger partial charge in [0.05, 0.1) is 7.11 Å². The molecule has 5 heteroatoms. The zero-order chi connectivity index (χ0) is 18.3. The van der Waals surface area contributed by atoms with Crippen molar-refractivity contribution >= 4 is 14.2 Å². The molecule has 0 saturated heterocycles. The summed E-state index contributed by atoms with van der Waals surface area (Å²) in [6.07, 6.45) is 3.79. The Kier molecular flexibility index (Phi) is 9.63. The van der Waals surface area contributed by atoms with E-state index in [4.69, 9.17) is 9.26 Å². The zero-order valence-electron chi connectivity index (χ0n) is 16.9. The minimum atomic E-state index is -1.69. The number of hydroxylamine groups is 2. The number of amides is 1. The summed E-state index contributed by atoms with van der Waals surface area (Å²) in [5.41, 5.74) is 0. The van der Waals surface area contributed by atoms with Crippen LogP contribution < -0.4 is 0 Å². The number of carbonyl (C=O) groups excluding carboxylic acids is 1. The van der Waals surface area contributed by atoms with Crippen LogP contribution in [0.3, 0.4) is 0 Å². The van der Waals surface area contributed by atoms with Crippen molar-refractivity contribution in [1.82, 2.24) is 5.06 Å². The molecule has 0 rings (SSSR count). The van der Waals surface area contributed by atoms with Gasteiger partial charge in [-0.3, -0.25) is 9.63 Å². The van der Waals surface area contributed by atoms with Gasteiger partial charge in [0.15, 0.2) is 8.32 Å². The largest absolute Gasteiger partial charge is 0.417 e. The first-order chi connectivity index (χ1) is 10.4. The summed E-state index contributed by atoms with van der Waals surface area (Å²) in [4.78, 5) is 17.5. The topological polar surface area (TPSA) is 38.8 Å². The summed E-state index contributed by atoms with van der Waals surface area (Å²) in [7, 11) is 1.54. The summed E-state index contributed by atoms with van der Waals surface area (Å²) in [5, 5.41) is 1.59. The minimum Gasteiger partial charge on any atom is -0.417 e. The molecule has 0 fully saturated rings. The molecule has 23 heavy (non-hydrogen) atoms. The Labute approximate surface area is 145 Å². The molecule has 0 aromatic carbocycles. The van der Waals surface area contributed by atoms with Gasteiger partial charge in [0.2, 0.25) is 5.91 Å². The van der Waals surface area contributed by atoms with Crippen LogP contribution in [0, 0.1) is 11.8 Å². The molecule has 0 aromatic rings. The average Bonchev–Trinajstić information content (AvgIpc) is 2.43. The summed E-state index contributed by atoms with van der Waals surface area (Å²) in [6, 6.07) is 0. The molecule has 0 aliphatic heterocycles. The lowest BCUT2D eigenvalue weighted by molar-refractivity contribution is -0.174. The second kappa shape index (κ2) is 9.79. The fraction of sp³-hybridized carbons (Fsp3) is 0.944. The van der Waals surface area contributed by atoms with Crippen LogP contribution in [0.4, 0.5) is 0 Å². The number of hydrogen-bond acceptors (Lipinski definition) is 3. The molecule has 0 saturated carbocycles. The maximum absolute atomic E-state index is 12.4. The molecule has 0 unspecified atom stereocenters. The van der Waals surface area contributed by atoms with Gasteiger partial charge < -0.3 is 4.43 Å². The fourth-order valence-corrected chi connectivity index (χ4v) is 3.23. The standard InChI is InChI=1S/C18H39NO3Si/c1-15(2)12-13-16(17(20)19(6)21-7)11-10-14-22-23(8,9)18(3,4)5/h15-16H,10-14H2,1-9H3/t16-/m1/s1. The fourth-order valence-electron chi connectivity index (χ4n) is 2.15. The molecule has 1 amide bonds. The van der Waals surface area contributed by atoms with Crippen molar-refractivity contribution in [3.05, 3.63) is 0 Å². The lowest BCUT2D eigenvalue weighted by Gasteiger charge is -2.36. The molecule has 0 spiro atoms. The van der Waals surface area contributed by atoms with E-state index in [0.29, 0.717) is 5.92 Å². The molecule has 4 nitrogen and oxygen atoms in total. The molecule has 1 atom stereocenters. The third kappa shape index (κ3) is 8.31. The van der Waals surface area contributed by atoms with Crippen molar-refractivity contribution in [3.63, 3.8) is 0 Å². The molecule has 0 heterocycles. The number of carbonyl (C=O) groups is 1. The van der Waals surface area contributed by atoms with E-state index in [-0.39, 0.29) is 16.9 Å². The van der Waals surface area contributed by atoms with Crippen molar-refractivity contribution in [2.75, 3.05) is 20.8 Å². The van der Waals surface area contributed by atoms with Gasteiger partial charge in [-0.15, -0.1) is 0 Å². The second-order valence-corrected chi connectivity index (χ2v) is 13.2. The number of nitrogens with zero attached hydrogens (tertiary/aromatic N) is 1. The monoisotopic (exact) mass is 345 g/mol. The Morgan fingerprint density at radius 1 is 1.13 bits per heavy atom. The quantitative estimate of drug-likeness (QED) is 0.322. The molecular formula is C18H39NO3Si. The van der Waals surface area contributed by atoms with Gasteiger partial charge in [-0.05, 0) is 43.3 Å². The van der Waals surface area contributed by atoms with E-state index in [9.17, 15) is 4.79 Å². The van der Waals surface area contributed by atoms with E-state index in [2.05, 4.69) is 47.7 Å². The van der Waals surface area contributed by atoms with Gasteiger partial charge in [0.25, 0.3) is 0 Å². The maximum Gasteiger partial charge on any atom is 0.248 e. The molecule has 0 bridgehead atoms. The Morgan fingerprint density at radius 2 is 1.70 bits per heavy atom. The predicted molar refractivity (Wildman–Crippen MR) is 99.7 cm³/mol. The average molecular weight is 346 g/mol. The zero-order valence-corrected chi connectivity index (χ0v) is 17.9. The SMILES string of the molecule is CON(C)C(=O)[C@H](CCCO[Si](C)(C)C(C)(C)C)CCC(C)C. The minimum absolute atomic E-state index is 0.0327. The van der Waals surface area contributed by atoms with Crippen LogP contribution in [0.1, 0.15) is 60.3 Å². The van der Waals surface area contributed by atoms with E-state index in [1.165, 1.54) is 12.2 Å². The van der Waals surface area contributed by atoms with E-state index in [0.717, 1.165) is 32.3 Å². The predicted octanol–water partition coefficient (Wildman–Crippen LogP) is 4.86. The van der Waals surface area contributed by atoms with Crippen LogP contribution in [0.2, 0.25) is 18.1 Å². The summed E-state index contributed by atoms with van der Waals surface area (Å²) < 4.78 is 6.22. The van der Waals surface area contributed by atoms with Crippen molar-refractivity contribution in [2.24, 2.45) is 11.8 Å². The van der Waals surface area contributed by atoms with Gasteiger partial charge in [-0.2, -0.15) is 0 Å². The molecule has 138 valence electrons. The molecule has 0 aliphatic carbocycles. The first-order valence-corrected chi connectivity index (χ1v) is 11.8. The summed E-state index contributed by atoms with van der Waals surface area (Å²) in [5.74, 6) is 0.729. The Hall–Kier alpha value is -0.393. The first kappa shape index (κ1) is 22.6. The van der Waals surface area contributed by atoms with Crippen LogP contribution in [0.15, 0.2) is 0 Å². The van der Waals surface area contributed by atoms with Crippen LogP contribution in [-0.4, -0.2) is 40.1 Å². The Morgan fingerprint density at radius 3 is 2.13 bits per heavy atom. The summed E-state index contributed by atoms with van der Waals surface area (Å²) in [6.45, 7) is 16.4. The molecule has 0 aromatic heterocycles. The summed E-state index contributed by atoms with van der Waals surface area (Å²) >= 11 is 0. The van der Waals surface area contributed by atoms with E-state index < -0.39 is 8.32 Å².